The Bertz CT molecular complexity index is 497. The summed E-state index contributed by atoms with van der Waals surface area (Å²) < 4.78 is 5.24. The van der Waals surface area contributed by atoms with Gasteiger partial charge in [-0.05, 0) is 43.7 Å². The minimum Gasteiger partial charge on any atom is -0.385 e. The Labute approximate surface area is 133 Å². The molecule has 2 rings (SSSR count). The van der Waals surface area contributed by atoms with Crippen LogP contribution >= 0.6 is 0 Å². The van der Waals surface area contributed by atoms with E-state index in [9.17, 15) is 0 Å². The molecule has 1 fully saturated rings. The standard InChI is InChI=1S/C17H28N4O/c1-14-6-4-7-15(21-14)12-19-16(18-2)20-13-17(8-5-9-17)10-11-22-3/h4,6-7H,5,8-13H2,1-3H3,(H2,18,19,20). The van der Waals surface area contributed by atoms with Crippen molar-refractivity contribution >= 4 is 5.96 Å². The highest BCUT2D eigenvalue weighted by Gasteiger charge is 2.36. The third kappa shape index (κ3) is 4.70. The van der Waals surface area contributed by atoms with Crippen LogP contribution in [0.5, 0.6) is 0 Å². The third-order valence-corrected chi connectivity index (χ3v) is 4.49. The number of nitrogens with zero attached hydrogens (tertiary/aromatic N) is 2. The molecule has 0 saturated heterocycles. The Balaban J connectivity index is 1.80. The van der Waals surface area contributed by atoms with E-state index in [0.29, 0.717) is 12.0 Å². The first-order valence-corrected chi connectivity index (χ1v) is 8.03. The molecule has 5 heteroatoms. The lowest BCUT2D eigenvalue weighted by Gasteiger charge is -2.42. The molecular weight excluding hydrogens is 276 g/mol. The van der Waals surface area contributed by atoms with E-state index in [2.05, 4.69) is 20.6 Å². The fourth-order valence-electron chi connectivity index (χ4n) is 2.87. The second kappa shape index (κ2) is 8.13. The Morgan fingerprint density at radius 3 is 2.77 bits per heavy atom. The van der Waals surface area contributed by atoms with E-state index in [4.69, 9.17) is 4.74 Å². The Hall–Kier alpha value is -1.62. The van der Waals surface area contributed by atoms with E-state index in [1.54, 1.807) is 7.11 Å². The highest BCUT2D eigenvalue weighted by atomic mass is 16.5. The molecule has 0 unspecified atom stereocenters. The van der Waals surface area contributed by atoms with Crippen molar-refractivity contribution in [3.05, 3.63) is 29.6 Å². The Kier molecular flexibility index (Phi) is 6.19. The van der Waals surface area contributed by atoms with Gasteiger partial charge in [0.2, 0.25) is 0 Å². The maximum Gasteiger partial charge on any atom is 0.191 e. The number of hydrogen-bond donors (Lipinski definition) is 2. The monoisotopic (exact) mass is 304 g/mol. The van der Waals surface area contributed by atoms with Gasteiger partial charge >= 0.3 is 0 Å². The first-order chi connectivity index (χ1) is 10.7. The minimum atomic E-state index is 0.384. The minimum absolute atomic E-state index is 0.384. The normalized spacial score (nSPS) is 17.0. The lowest BCUT2D eigenvalue weighted by atomic mass is 9.67. The second-order valence-corrected chi connectivity index (χ2v) is 6.15. The predicted molar refractivity (Wildman–Crippen MR) is 90.0 cm³/mol. The van der Waals surface area contributed by atoms with Crippen LogP contribution < -0.4 is 10.6 Å². The van der Waals surface area contributed by atoms with E-state index in [1.165, 1.54) is 19.3 Å². The number of rotatable bonds is 7. The molecule has 1 saturated carbocycles. The molecule has 1 aromatic heterocycles. The second-order valence-electron chi connectivity index (χ2n) is 6.15. The molecule has 0 radical (unpaired) electrons. The zero-order valence-corrected chi connectivity index (χ0v) is 14.0. The van der Waals surface area contributed by atoms with Gasteiger partial charge < -0.3 is 15.4 Å². The van der Waals surface area contributed by atoms with Gasteiger partial charge in [-0.3, -0.25) is 9.98 Å². The summed E-state index contributed by atoms with van der Waals surface area (Å²) in [5.41, 5.74) is 2.45. The first kappa shape index (κ1) is 16.7. The molecule has 0 aromatic carbocycles. The molecule has 5 nitrogen and oxygen atoms in total. The largest absolute Gasteiger partial charge is 0.385 e. The molecule has 0 spiro atoms. The number of nitrogens with one attached hydrogen (secondary N) is 2. The molecule has 0 atom stereocenters. The van der Waals surface area contributed by atoms with Crippen LogP contribution in [0.4, 0.5) is 0 Å². The lowest BCUT2D eigenvalue weighted by Crippen LogP contribution is -2.46. The highest BCUT2D eigenvalue weighted by molar-refractivity contribution is 5.79. The molecule has 1 aliphatic carbocycles. The van der Waals surface area contributed by atoms with Crippen LogP contribution in [-0.2, 0) is 11.3 Å². The molecule has 22 heavy (non-hydrogen) atoms. The van der Waals surface area contributed by atoms with E-state index in [1.807, 2.05) is 32.2 Å². The third-order valence-electron chi connectivity index (χ3n) is 4.49. The van der Waals surface area contributed by atoms with Gasteiger partial charge in [0.25, 0.3) is 0 Å². The van der Waals surface area contributed by atoms with Gasteiger partial charge in [-0.25, -0.2) is 0 Å². The van der Waals surface area contributed by atoms with E-state index in [0.717, 1.165) is 36.9 Å². The smallest absolute Gasteiger partial charge is 0.191 e. The van der Waals surface area contributed by atoms with Crippen molar-refractivity contribution < 1.29 is 4.74 Å². The Morgan fingerprint density at radius 2 is 2.18 bits per heavy atom. The fourth-order valence-corrected chi connectivity index (χ4v) is 2.87. The van der Waals surface area contributed by atoms with Crippen LogP contribution in [0, 0.1) is 12.3 Å². The van der Waals surface area contributed by atoms with Gasteiger partial charge in [-0.1, -0.05) is 12.5 Å². The van der Waals surface area contributed by atoms with Gasteiger partial charge in [0, 0.05) is 33.0 Å². The fraction of sp³-hybridized carbons (Fsp3) is 0.647. The average Bonchev–Trinajstić information content (AvgIpc) is 2.48. The zero-order valence-electron chi connectivity index (χ0n) is 14.0. The van der Waals surface area contributed by atoms with Crippen molar-refractivity contribution in [1.82, 2.24) is 15.6 Å². The van der Waals surface area contributed by atoms with Gasteiger partial charge in [-0.15, -0.1) is 0 Å². The van der Waals surface area contributed by atoms with Crippen molar-refractivity contribution in [2.24, 2.45) is 10.4 Å². The Morgan fingerprint density at radius 1 is 1.36 bits per heavy atom. The van der Waals surface area contributed by atoms with Crippen LogP contribution in [0.2, 0.25) is 0 Å². The molecule has 0 bridgehead atoms. The topological polar surface area (TPSA) is 58.5 Å². The summed E-state index contributed by atoms with van der Waals surface area (Å²) in [6.07, 6.45) is 5.00. The van der Waals surface area contributed by atoms with E-state index >= 15 is 0 Å². The van der Waals surface area contributed by atoms with Gasteiger partial charge in [-0.2, -0.15) is 0 Å². The summed E-state index contributed by atoms with van der Waals surface area (Å²) in [7, 11) is 3.58. The summed E-state index contributed by atoms with van der Waals surface area (Å²) in [5, 5.41) is 6.80. The first-order valence-electron chi connectivity index (χ1n) is 8.03. The summed E-state index contributed by atoms with van der Waals surface area (Å²) in [5.74, 6) is 0.840. The molecule has 1 aromatic rings. The highest BCUT2D eigenvalue weighted by Crippen LogP contribution is 2.43. The molecule has 1 heterocycles. The average molecular weight is 304 g/mol. The van der Waals surface area contributed by atoms with Crippen LogP contribution in [0.25, 0.3) is 0 Å². The number of aliphatic imine (C=N–C) groups is 1. The van der Waals surface area contributed by atoms with Gasteiger partial charge in [0.05, 0.1) is 12.2 Å². The number of aromatic nitrogens is 1. The quantitative estimate of drug-likeness (QED) is 0.599. The van der Waals surface area contributed by atoms with Gasteiger partial charge in [0.1, 0.15) is 0 Å². The van der Waals surface area contributed by atoms with Crippen LogP contribution in [0.15, 0.2) is 23.2 Å². The van der Waals surface area contributed by atoms with Crippen molar-refractivity contribution in [1.29, 1.82) is 0 Å². The summed E-state index contributed by atoms with van der Waals surface area (Å²) in [6, 6.07) is 6.07. The molecule has 2 N–H and O–H groups in total. The number of hydrogen-bond acceptors (Lipinski definition) is 3. The van der Waals surface area contributed by atoms with Gasteiger partial charge in [0.15, 0.2) is 5.96 Å². The number of pyridine rings is 1. The van der Waals surface area contributed by atoms with Crippen molar-refractivity contribution in [2.45, 2.75) is 39.2 Å². The van der Waals surface area contributed by atoms with Crippen molar-refractivity contribution in [3.63, 3.8) is 0 Å². The lowest BCUT2D eigenvalue weighted by molar-refractivity contribution is 0.0732. The van der Waals surface area contributed by atoms with Crippen LogP contribution in [-0.4, -0.2) is 38.3 Å². The van der Waals surface area contributed by atoms with Crippen LogP contribution in [0.1, 0.15) is 37.1 Å². The number of ether oxygens (including phenoxy) is 1. The van der Waals surface area contributed by atoms with E-state index < -0.39 is 0 Å². The predicted octanol–water partition coefficient (Wildman–Crippen LogP) is 2.26. The number of guanidine groups is 1. The number of methoxy groups -OCH3 is 1. The summed E-state index contributed by atoms with van der Waals surface area (Å²) >= 11 is 0. The summed E-state index contributed by atoms with van der Waals surface area (Å²) in [6.45, 7) is 4.48. The summed E-state index contributed by atoms with van der Waals surface area (Å²) in [4.78, 5) is 8.80. The zero-order chi connectivity index (χ0) is 15.8. The number of aryl methyl sites for hydroxylation is 1. The molecular formula is C17H28N4O. The molecule has 1 aliphatic rings. The maximum atomic E-state index is 5.24. The molecule has 122 valence electrons. The molecule has 0 aliphatic heterocycles. The van der Waals surface area contributed by atoms with E-state index in [-0.39, 0.29) is 0 Å². The SMILES string of the molecule is CN=C(NCc1cccc(C)n1)NCC1(CCOC)CCC1. The van der Waals surface area contributed by atoms with Crippen molar-refractivity contribution in [2.75, 3.05) is 27.3 Å². The van der Waals surface area contributed by atoms with Crippen LogP contribution in [0.3, 0.4) is 0 Å². The van der Waals surface area contributed by atoms with Crippen molar-refractivity contribution in [3.8, 4) is 0 Å². The molecule has 0 amide bonds. The maximum absolute atomic E-state index is 5.24.